The van der Waals surface area contributed by atoms with Crippen molar-refractivity contribution in [2.24, 2.45) is 5.92 Å². The zero-order chi connectivity index (χ0) is 24.8. The maximum atomic E-state index is 13.1. The summed E-state index contributed by atoms with van der Waals surface area (Å²) < 4.78 is 102. The van der Waals surface area contributed by atoms with Crippen molar-refractivity contribution in [3.8, 4) is 0 Å². The van der Waals surface area contributed by atoms with Gasteiger partial charge < -0.3 is 5.32 Å². The van der Waals surface area contributed by atoms with Gasteiger partial charge >= 0.3 is 12.4 Å². The van der Waals surface area contributed by atoms with Crippen molar-refractivity contribution in [3.05, 3.63) is 65.2 Å². The van der Waals surface area contributed by atoms with Crippen molar-refractivity contribution in [2.45, 2.75) is 54.7 Å². The van der Waals surface area contributed by atoms with Crippen LogP contribution >= 0.6 is 0 Å². The van der Waals surface area contributed by atoms with Gasteiger partial charge in [-0.2, -0.15) is 26.3 Å². The van der Waals surface area contributed by atoms with Crippen molar-refractivity contribution in [1.82, 2.24) is 5.32 Å². The third-order valence-corrected chi connectivity index (χ3v) is 8.69. The highest BCUT2D eigenvalue weighted by Crippen LogP contribution is 2.44. The van der Waals surface area contributed by atoms with Gasteiger partial charge in [-0.1, -0.05) is 6.07 Å². The fourth-order valence-electron chi connectivity index (χ4n) is 3.75. The highest BCUT2D eigenvalue weighted by molar-refractivity contribution is 7.92. The SMILES string of the molecule is CC(C)([C@H]1C[C@H](NC(=O)c2ccc(C(F)(F)F)cc2)C1)S(=O)(=O)c1cccc(C(F)(F)F)c1. The first-order valence-electron chi connectivity index (χ1n) is 9.93. The second-order valence-electron chi connectivity index (χ2n) is 8.55. The van der Waals surface area contributed by atoms with Gasteiger partial charge in [0.1, 0.15) is 0 Å². The number of hydrogen-bond acceptors (Lipinski definition) is 3. The highest BCUT2D eigenvalue weighted by Gasteiger charge is 2.49. The smallest absolute Gasteiger partial charge is 0.349 e. The van der Waals surface area contributed by atoms with E-state index in [4.69, 9.17) is 0 Å². The van der Waals surface area contributed by atoms with E-state index in [1.54, 1.807) is 0 Å². The summed E-state index contributed by atoms with van der Waals surface area (Å²) in [5.74, 6) is -1.03. The number of benzene rings is 2. The van der Waals surface area contributed by atoms with Crippen molar-refractivity contribution in [1.29, 1.82) is 0 Å². The van der Waals surface area contributed by atoms with Gasteiger partial charge in [0, 0.05) is 11.6 Å². The normalized spacial score (nSPS) is 19.6. The number of nitrogens with one attached hydrogen (secondary N) is 1. The molecule has 1 aliphatic carbocycles. The topological polar surface area (TPSA) is 63.2 Å². The van der Waals surface area contributed by atoms with Gasteiger partial charge in [0.05, 0.1) is 20.8 Å². The van der Waals surface area contributed by atoms with Gasteiger partial charge in [0.25, 0.3) is 5.91 Å². The molecule has 0 unspecified atom stereocenters. The maximum absolute atomic E-state index is 13.1. The minimum Gasteiger partial charge on any atom is -0.349 e. The fraction of sp³-hybridized carbons (Fsp3) is 0.409. The van der Waals surface area contributed by atoms with Gasteiger partial charge in [0.2, 0.25) is 0 Å². The number of halogens is 6. The number of amides is 1. The Kier molecular flexibility index (Phi) is 6.33. The molecule has 2 aromatic rings. The molecule has 1 fully saturated rings. The van der Waals surface area contributed by atoms with E-state index in [0.717, 1.165) is 42.5 Å². The van der Waals surface area contributed by atoms with Crippen molar-refractivity contribution in [3.63, 3.8) is 0 Å². The highest BCUT2D eigenvalue weighted by atomic mass is 32.2. The average molecular weight is 493 g/mol. The van der Waals surface area contributed by atoms with Crippen molar-refractivity contribution < 1.29 is 39.6 Å². The minimum absolute atomic E-state index is 0.0299. The van der Waals surface area contributed by atoms with E-state index in [1.807, 2.05) is 0 Å². The van der Waals surface area contributed by atoms with E-state index in [1.165, 1.54) is 13.8 Å². The molecule has 0 radical (unpaired) electrons. The van der Waals surface area contributed by atoms with Crippen LogP contribution in [-0.4, -0.2) is 25.1 Å². The van der Waals surface area contributed by atoms with Crippen LogP contribution in [0.25, 0.3) is 0 Å². The monoisotopic (exact) mass is 493 g/mol. The number of hydrogen-bond donors (Lipinski definition) is 1. The standard InChI is InChI=1S/C22H21F6NO3S/c1-20(2,33(31,32)18-5-3-4-15(12-18)22(26,27)28)16-10-17(11-16)29-19(30)13-6-8-14(9-7-13)21(23,24)25/h3-9,12,16-17H,10-11H2,1-2H3,(H,29,30)/t16-,17-. The number of carbonyl (C=O) groups excluding carboxylic acids is 1. The molecule has 2 aromatic carbocycles. The molecule has 180 valence electrons. The lowest BCUT2D eigenvalue weighted by Crippen LogP contribution is -2.53. The largest absolute Gasteiger partial charge is 0.416 e. The lowest BCUT2D eigenvalue weighted by atomic mass is 9.73. The third-order valence-electron chi connectivity index (χ3n) is 6.10. The number of carbonyl (C=O) groups is 1. The maximum Gasteiger partial charge on any atom is 0.416 e. The predicted octanol–water partition coefficient (Wildman–Crippen LogP) is 5.49. The molecule has 0 heterocycles. The lowest BCUT2D eigenvalue weighted by molar-refractivity contribution is -0.138. The van der Waals surface area contributed by atoms with Crippen LogP contribution in [-0.2, 0) is 22.2 Å². The first-order chi connectivity index (χ1) is 15.0. The summed E-state index contributed by atoms with van der Waals surface area (Å²) in [5, 5.41) is 2.65. The summed E-state index contributed by atoms with van der Waals surface area (Å²) in [5.41, 5.74) is -1.92. The Hall–Kier alpha value is -2.56. The summed E-state index contributed by atoms with van der Waals surface area (Å²) in [6.45, 7) is 2.86. The molecular formula is C22H21F6NO3S. The molecule has 0 spiro atoms. The van der Waals surface area contributed by atoms with Gasteiger partial charge in [0.15, 0.2) is 9.84 Å². The van der Waals surface area contributed by atoms with Crippen LogP contribution in [0.4, 0.5) is 26.3 Å². The summed E-state index contributed by atoms with van der Waals surface area (Å²) in [4.78, 5) is 11.9. The molecule has 11 heteroatoms. The van der Waals surface area contributed by atoms with Crippen LogP contribution in [0.1, 0.15) is 48.2 Å². The zero-order valence-electron chi connectivity index (χ0n) is 17.6. The zero-order valence-corrected chi connectivity index (χ0v) is 18.4. The van der Waals surface area contributed by atoms with Gasteiger partial charge in [-0.15, -0.1) is 0 Å². The van der Waals surface area contributed by atoms with E-state index in [0.29, 0.717) is 6.07 Å². The van der Waals surface area contributed by atoms with Crippen LogP contribution in [0, 0.1) is 5.92 Å². The van der Waals surface area contributed by atoms with Crippen molar-refractivity contribution in [2.75, 3.05) is 0 Å². The number of alkyl halides is 6. The predicted molar refractivity (Wildman–Crippen MR) is 108 cm³/mol. The molecule has 1 saturated carbocycles. The first-order valence-corrected chi connectivity index (χ1v) is 11.4. The minimum atomic E-state index is -4.68. The van der Waals surface area contributed by atoms with Gasteiger partial charge in [-0.25, -0.2) is 8.42 Å². The number of sulfone groups is 1. The Morgan fingerprint density at radius 3 is 1.94 bits per heavy atom. The molecular weight excluding hydrogens is 472 g/mol. The second-order valence-corrected chi connectivity index (χ2v) is 11.1. The van der Waals surface area contributed by atoms with Crippen LogP contribution in [0.5, 0.6) is 0 Å². The molecule has 1 amide bonds. The van der Waals surface area contributed by atoms with E-state index in [-0.39, 0.29) is 18.4 Å². The fourth-order valence-corrected chi connectivity index (χ4v) is 5.52. The molecule has 0 saturated heterocycles. The molecule has 0 atom stereocenters. The Morgan fingerprint density at radius 2 is 1.42 bits per heavy atom. The Morgan fingerprint density at radius 1 is 0.879 bits per heavy atom. The van der Waals surface area contributed by atoms with Gasteiger partial charge in [-0.3, -0.25) is 4.79 Å². The number of rotatable bonds is 5. The molecule has 0 aromatic heterocycles. The van der Waals surface area contributed by atoms with E-state index < -0.39 is 60.8 Å². The average Bonchev–Trinajstić information content (AvgIpc) is 2.68. The summed E-state index contributed by atoms with van der Waals surface area (Å²) >= 11 is 0. The second kappa shape index (κ2) is 8.34. The van der Waals surface area contributed by atoms with Crippen LogP contribution in [0.2, 0.25) is 0 Å². The van der Waals surface area contributed by atoms with Crippen LogP contribution in [0.3, 0.4) is 0 Å². The van der Waals surface area contributed by atoms with E-state index in [2.05, 4.69) is 5.32 Å². The molecule has 1 N–H and O–H groups in total. The quantitative estimate of drug-likeness (QED) is 0.561. The molecule has 0 bridgehead atoms. The molecule has 0 aliphatic heterocycles. The Balaban J connectivity index is 1.66. The van der Waals surface area contributed by atoms with Gasteiger partial charge in [-0.05, 0) is 75.1 Å². The molecule has 4 nitrogen and oxygen atoms in total. The third kappa shape index (κ3) is 5.02. The molecule has 33 heavy (non-hydrogen) atoms. The Bertz CT molecular complexity index is 1130. The first kappa shape index (κ1) is 25.1. The van der Waals surface area contributed by atoms with Crippen LogP contribution in [0.15, 0.2) is 53.4 Å². The lowest BCUT2D eigenvalue weighted by Gasteiger charge is -2.45. The van der Waals surface area contributed by atoms with Crippen molar-refractivity contribution >= 4 is 15.7 Å². The Labute approximate surface area is 186 Å². The summed E-state index contributed by atoms with van der Waals surface area (Å²) in [6.07, 6.45) is -8.68. The van der Waals surface area contributed by atoms with E-state index >= 15 is 0 Å². The molecule has 3 rings (SSSR count). The summed E-state index contributed by atoms with van der Waals surface area (Å²) in [6, 6.07) is 6.86. The summed E-state index contributed by atoms with van der Waals surface area (Å²) in [7, 11) is -4.12. The molecule has 1 aliphatic rings. The van der Waals surface area contributed by atoms with E-state index in [9.17, 15) is 39.6 Å². The van der Waals surface area contributed by atoms with Crippen LogP contribution < -0.4 is 5.32 Å².